The summed E-state index contributed by atoms with van der Waals surface area (Å²) in [5.74, 6) is 0.525. The number of hydrogen-bond donors (Lipinski definition) is 0. The Kier molecular flexibility index (Phi) is 4.62. The summed E-state index contributed by atoms with van der Waals surface area (Å²) >= 11 is 0. The van der Waals surface area contributed by atoms with Gasteiger partial charge in [-0.25, -0.2) is 4.98 Å². The number of carbonyl (C=O) groups is 1. The molecule has 0 aromatic carbocycles. The zero-order chi connectivity index (χ0) is 19.8. The minimum atomic E-state index is -0.0505. The fourth-order valence-corrected chi connectivity index (χ4v) is 3.53. The third-order valence-corrected chi connectivity index (χ3v) is 5.17. The van der Waals surface area contributed by atoms with E-state index in [1.807, 2.05) is 61.8 Å². The molecular weight excluding hydrogens is 356 g/mol. The summed E-state index contributed by atoms with van der Waals surface area (Å²) in [4.78, 5) is 19.1. The lowest BCUT2D eigenvalue weighted by Crippen LogP contribution is -2.36. The van der Waals surface area contributed by atoms with Crippen LogP contribution in [-0.4, -0.2) is 41.9 Å². The van der Waals surface area contributed by atoms with E-state index in [2.05, 4.69) is 15.2 Å². The normalized spacial score (nSPS) is 13.5. The van der Waals surface area contributed by atoms with Crippen molar-refractivity contribution < 1.29 is 9.53 Å². The van der Waals surface area contributed by atoms with Gasteiger partial charge in [-0.05, 0) is 26.0 Å². The van der Waals surface area contributed by atoms with E-state index in [0.29, 0.717) is 31.3 Å². The van der Waals surface area contributed by atoms with Gasteiger partial charge in [-0.15, -0.1) is 0 Å². The number of fused-ring (bicyclic) bond motifs is 1. The van der Waals surface area contributed by atoms with Crippen molar-refractivity contribution in [3.05, 3.63) is 58.3 Å². The van der Waals surface area contributed by atoms with Gasteiger partial charge in [0.25, 0.3) is 5.91 Å². The van der Waals surface area contributed by atoms with Crippen LogP contribution in [0.3, 0.4) is 0 Å². The van der Waals surface area contributed by atoms with Gasteiger partial charge in [0.15, 0.2) is 5.69 Å². The first-order valence-corrected chi connectivity index (χ1v) is 9.32. The monoisotopic (exact) mass is 380 g/mol. The third-order valence-electron chi connectivity index (χ3n) is 5.17. The number of carbonyl (C=O) groups excluding carboxylic acids is 1. The fourth-order valence-electron chi connectivity index (χ4n) is 3.53. The summed E-state index contributed by atoms with van der Waals surface area (Å²) in [7, 11) is 3.78. The molecule has 146 valence electrons. The Balaban J connectivity index is 1.53. The van der Waals surface area contributed by atoms with E-state index in [1.54, 1.807) is 4.68 Å². The first-order chi connectivity index (χ1) is 13.4. The van der Waals surface area contributed by atoms with Crippen LogP contribution in [0.15, 0.2) is 24.3 Å². The maximum atomic E-state index is 12.9. The van der Waals surface area contributed by atoms with E-state index in [4.69, 9.17) is 4.74 Å². The van der Waals surface area contributed by atoms with Crippen LogP contribution < -0.4 is 4.74 Å². The Labute approximate surface area is 163 Å². The molecule has 0 saturated carbocycles. The maximum absolute atomic E-state index is 12.9. The number of pyridine rings is 1. The number of nitrogens with zero attached hydrogens (tertiary/aromatic N) is 6. The fraction of sp³-hybridized carbons (Fsp3) is 0.400. The molecule has 8 nitrogen and oxygen atoms in total. The standard InChI is InChI=1S/C20H24N6O2/c1-13-6-5-7-19(21-13)28-12-17-15-11-26(9-8-18(15)25(4)23-17)20(27)16-10-14(2)24(3)22-16/h5-7,10H,8-9,11-12H2,1-4H3. The minimum absolute atomic E-state index is 0.0505. The lowest BCUT2D eigenvalue weighted by Gasteiger charge is -2.27. The van der Waals surface area contributed by atoms with Crippen LogP contribution in [0, 0.1) is 13.8 Å². The van der Waals surface area contributed by atoms with Gasteiger partial charge in [-0.2, -0.15) is 10.2 Å². The quantitative estimate of drug-likeness (QED) is 0.691. The van der Waals surface area contributed by atoms with Gasteiger partial charge in [0.1, 0.15) is 12.3 Å². The smallest absolute Gasteiger partial charge is 0.274 e. The Morgan fingerprint density at radius 1 is 1.18 bits per heavy atom. The molecule has 0 atom stereocenters. The number of amides is 1. The molecule has 0 spiro atoms. The van der Waals surface area contributed by atoms with E-state index in [0.717, 1.165) is 34.8 Å². The highest BCUT2D eigenvalue weighted by molar-refractivity contribution is 5.92. The molecule has 0 fully saturated rings. The summed E-state index contributed by atoms with van der Waals surface area (Å²) in [6.07, 6.45) is 0.763. The zero-order valence-electron chi connectivity index (χ0n) is 16.6. The molecule has 0 aliphatic carbocycles. The minimum Gasteiger partial charge on any atom is -0.471 e. The van der Waals surface area contributed by atoms with Crippen molar-refractivity contribution in [2.75, 3.05) is 6.54 Å². The van der Waals surface area contributed by atoms with Crippen molar-refractivity contribution in [3.8, 4) is 5.88 Å². The molecule has 4 rings (SSSR count). The van der Waals surface area contributed by atoms with Gasteiger partial charge in [-0.1, -0.05) is 6.07 Å². The Hall–Kier alpha value is -3.16. The van der Waals surface area contributed by atoms with Crippen LogP contribution in [0.1, 0.15) is 38.8 Å². The van der Waals surface area contributed by atoms with Crippen LogP contribution in [0.25, 0.3) is 0 Å². The Morgan fingerprint density at radius 2 is 2.00 bits per heavy atom. The molecule has 4 heterocycles. The molecule has 0 bridgehead atoms. The Bertz CT molecular complexity index is 1020. The first kappa shape index (κ1) is 18.2. The van der Waals surface area contributed by atoms with Crippen LogP contribution in [0.4, 0.5) is 0 Å². The molecular formula is C20H24N6O2. The molecule has 1 aliphatic heterocycles. The predicted octanol–water partition coefficient (Wildman–Crippen LogP) is 1.94. The van der Waals surface area contributed by atoms with Gasteiger partial charge in [0.2, 0.25) is 5.88 Å². The highest BCUT2D eigenvalue weighted by Crippen LogP contribution is 2.24. The largest absolute Gasteiger partial charge is 0.471 e. The lowest BCUT2D eigenvalue weighted by atomic mass is 10.0. The van der Waals surface area contributed by atoms with E-state index in [1.165, 1.54) is 0 Å². The van der Waals surface area contributed by atoms with Gasteiger partial charge in [0, 0.05) is 62.3 Å². The molecule has 3 aromatic rings. The molecule has 1 amide bonds. The molecule has 3 aromatic heterocycles. The molecule has 28 heavy (non-hydrogen) atoms. The second kappa shape index (κ2) is 7.10. The van der Waals surface area contributed by atoms with Crippen LogP contribution in [0.2, 0.25) is 0 Å². The second-order valence-corrected chi connectivity index (χ2v) is 7.17. The number of aromatic nitrogens is 5. The second-order valence-electron chi connectivity index (χ2n) is 7.17. The first-order valence-electron chi connectivity index (χ1n) is 9.32. The van der Waals surface area contributed by atoms with Crippen molar-refractivity contribution in [3.63, 3.8) is 0 Å². The summed E-state index contributed by atoms with van der Waals surface area (Å²) in [6, 6.07) is 7.51. The highest BCUT2D eigenvalue weighted by Gasteiger charge is 2.28. The number of ether oxygens (including phenoxy) is 1. The van der Waals surface area contributed by atoms with Gasteiger partial charge in [0.05, 0.1) is 0 Å². The van der Waals surface area contributed by atoms with E-state index >= 15 is 0 Å². The predicted molar refractivity (Wildman–Crippen MR) is 103 cm³/mol. The third kappa shape index (κ3) is 3.37. The molecule has 0 N–H and O–H groups in total. The molecule has 1 aliphatic rings. The molecule has 8 heteroatoms. The van der Waals surface area contributed by atoms with Crippen molar-refractivity contribution in [2.45, 2.75) is 33.4 Å². The lowest BCUT2D eigenvalue weighted by molar-refractivity contribution is 0.0725. The van der Waals surface area contributed by atoms with E-state index < -0.39 is 0 Å². The van der Waals surface area contributed by atoms with Gasteiger partial charge in [-0.3, -0.25) is 14.2 Å². The van der Waals surface area contributed by atoms with E-state index in [9.17, 15) is 4.79 Å². The van der Waals surface area contributed by atoms with Crippen LogP contribution >= 0.6 is 0 Å². The van der Waals surface area contributed by atoms with Crippen LogP contribution in [-0.2, 0) is 33.7 Å². The number of rotatable bonds is 4. The SMILES string of the molecule is Cc1cccc(OCc2nn(C)c3c2CN(C(=O)c2cc(C)n(C)n2)CC3)n1. The van der Waals surface area contributed by atoms with Crippen molar-refractivity contribution >= 4 is 5.91 Å². The maximum Gasteiger partial charge on any atom is 0.274 e. The van der Waals surface area contributed by atoms with Crippen molar-refractivity contribution in [1.82, 2.24) is 29.4 Å². The summed E-state index contributed by atoms with van der Waals surface area (Å²) in [5, 5.41) is 8.95. The number of aryl methyl sites for hydroxylation is 4. The topological polar surface area (TPSA) is 78.1 Å². The molecule has 0 unspecified atom stereocenters. The van der Waals surface area contributed by atoms with Crippen LogP contribution in [0.5, 0.6) is 5.88 Å². The molecule has 0 radical (unpaired) electrons. The average molecular weight is 380 g/mol. The summed E-state index contributed by atoms with van der Waals surface area (Å²) < 4.78 is 9.46. The number of hydrogen-bond acceptors (Lipinski definition) is 5. The summed E-state index contributed by atoms with van der Waals surface area (Å²) in [6.45, 7) is 5.36. The van der Waals surface area contributed by atoms with Gasteiger partial charge >= 0.3 is 0 Å². The van der Waals surface area contributed by atoms with Crippen molar-refractivity contribution in [1.29, 1.82) is 0 Å². The Morgan fingerprint density at radius 3 is 2.71 bits per heavy atom. The zero-order valence-corrected chi connectivity index (χ0v) is 16.6. The van der Waals surface area contributed by atoms with Crippen molar-refractivity contribution in [2.24, 2.45) is 14.1 Å². The van der Waals surface area contributed by atoms with Gasteiger partial charge < -0.3 is 9.64 Å². The summed E-state index contributed by atoms with van der Waals surface area (Å²) in [5.41, 5.74) is 5.40. The average Bonchev–Trinajstić information content (AvgIpc) is 3.18. The highest BCUT2D eigenvalue weighted by atomic mass is 16.5. The van der Waals surface area contributed by atoms with E-state index in [-0.39, 0.29) is 5.91 Å². The molecule has 0 saturated heterocycles.